The van der Waals surface area contributed by atoms with Crippen LogP contribution in [-0.4, -0.2) is 37.9 Å². The molecule has 164 valence electrons. The fourth-order valence-electron chi connectivity index (χ4n) is 4.38. The molecule has 2 aromatic rings. The number of unbranched alkanes of at least 4 members (excludes halogenated alkanes) is 2. The quantitative estimate of drug-likeness (QED) is 0.501. The molecule has 0 saturated carbocycles. The number of fused-ring (bicyclic) bond motifs is 1. The monoisotopic (exact) mass is 435 g/mol. The smallest absolute Gasteiger partial charge is 0.231 e. The van der Waals surface area contributed by atoms with Crippen LogP contribution in [0, 0.1) is 11.7 Å². The number of piperidine rings is 1. The van der Waals surface area contributed by atoms with E-state index in [4.69, 9.17) is 14.2 Å². The molecule has 0 unspecified atom stereocenters. The molecule has 6 heteroatoms. The molecule has 1 fully saturated rings. The Morgan fingerprint density at radius 3 is 2.67 bits per heavy atom. The van der Waals surface area contributed by atoms with Gasteiger partial charge < -0.3 is 19.1 Å². The first-order chi connectivity index (χ1) is 14.2. The molecule has 0 N–H and O–H groups in total. The molecule has 0 bridgehead atoms. The van der Waals surface area contributed by atoms with E-state index in [0.717, 1.165) is 43.3 Å². The first-order valence-electron chi connectivity index (χ1n) is 10.7. The van der Waals surface area contributed by atoms with Crippen LogP contribution in [0.2, 0.25) is 0 Å². The topological polar surface area (TPSA) is 30.9 Å². The van der Waals surface area contributed by atoms with E-state index in [1.165, 1.54) is 24.8 Å². The third-order valence-corrected chi connectivity index (χ3v) is 6.00. The normalized spacial score (nSPS) is 20.6. The number of ether oxygens (including phenoxy) is 3. The molecule has 30 heavy (non-hydrogen) atoms. The molecule has 0 radical (unpaired) electrons. The minimum Gasteiger partial charge on any atom is -0.493 e. The van der Waals surface area contributed by atoms with Gasteiger partial charge in [-0.1, -0.05) is 31.9 Å². The Morgan fingerprint density at radius 1 is 1.07 bits per heavy atom. The van der Waals surface area contributed by atoms with E-state index >= 15 is 0 Å². The van der Waals surface area contributed by atoms with Gasteiger partial charge >= 0.3 is 0 Å². The van der Waals surface area contributed by atoms with Crippen LogP contribution in [0.1, 0.15) is 44.1 Å². The Bertz CT molecular complexity index is 802. The molecular weight excluding hydrogens is 405 g/mol. The molecule has 0 aromatic heterocycles. The Hall–Kier alpha value is -1.98. The van der Waals surface area contributed by atoms with Crippen molar-refractivity contribution in [2.24, 2.45) is 5.92 Å². The maximum atomic E-state index is 13.4. The summed E-state index contributed by atoms with van der Waals surface area (Å²) < 4.78 is 30.4. The van der Waals surface area contributed by atoms with Crippen LogP contribution < -0.4 is 14.2 Å². The van der Waals surface area contributed by atoms with Crippen molar-refractivity contribution in [3.63, 3.8) is 0 Å². The second-order valence-electron chi connectivity index (χ2n) is 8.04. The van der Waals surface area contributed by atoms with Crippen molar-refractivity contribution in [2.75, 3.05) is 33.0 Å². The van der Waals surface area contributed by atoms with Crippen LogP contribution in [-0.2, 0) is 0 Å². The van der Waals surface area contributed by atoms with Gasteiger partial charge in [0.15, 0.2) is 11.5 Å². The number of rotatable bonds is 8. The first kappa shape index (κ1) is 22.7. The van der Waals surface area contributed by atoms with E-state index in [1.807, 2.05) is 30.3 Å². The van der Waals surface area contributed by atoms with E-state index in [-0.39, 0.29) is 25.0 Å². The number of hydrogen-bond donors (Lipinski definition) is 0. The highest BCUT2D eigenvalue weighted by Gasteiger charge is 2.31. The molecule has 0 amide bonds. The summed E-state index contributed by atoms with van der Waals surface area (Å²) in [4.78, 5) is 2.56. The van der Waals surface area contributed by atoms with Crippen molar-refractivity contribution < 1.29 is 18.6 Å². The Labute approximate surface area is 184 Å². The van der Waals surface area contributed by atoms with Crippen LogP contribution in [0.3, 0.4) is 0 Å². The lowest BCUT2D eigenvalue weighted by molar-refractivity contribution is 0.109. The van der Waals surface area contributed by atoms with E-state index in [9.17, 15) is 4.39 Å². The third kappa shape index (κ3) is 5.58. The Balaban J connectivity index is 0.00000256. The molecule has 2 aliphatic rings. The second kappa shape index (κ2) is 10.9. The van der Waals surface area contributed by atoms with Crippen molar-refractivity contribution in [2.45, 2.75) is 38.5 Å². The maximum absolute atomic E-state index is 13.4. The first-order valence-corrected chi connectivity index (χ1v) is 10.7. The highest BCUT2D eigenvalue weighted by atomic mass is 35.5. The van der Waals surface area contributed by atoms with Crippen LogP contribution in [0.15, 0.2) is 42.5 Å². The summed E-state index contributed by atoms with van der Waals surface area (Å²) in [5, 5.41) is 0. The minimum atomic E-state index is -0.182. The van der Waals surface area contributed by atoms with Crippen LogP contribution >= 0.6 is 12.4 Å². The predicted octanol–water partition coefficient (Wildman–Crippen LogP) is 5.65. The summed E-state index contributed by atoms with van der Waals surface area (Å²) >= 11 is 0. The molecule has 2 atom stereocenters. The molecule has 0 aliphatic carbocycles. The van der Waals surface area contributed by atoms with Gasteiger partial charge in [-0.2, -0.15) is 0 Å². The van der Waals surface area contributed by atoms with Crippen LogP contribution in [0.4, 0.5) is 4.39 Å². The van der Waals surface area contributed by atoms with Gasteiger partial charge in [0.2, 0.25) is 6.79 Å². The van der Waals surface area contributed by atoms with Crippen molar-refractivity contribution in [3.8, 4) is 17.2 Å². The van der Waals surface area contributed by atoms with Crippen LogP contribution in [0.5, 0.6) is 17.2 Å². The van der Waals surface area contributed by atoms with Crippen molar-refractivity contribution >= 4 is 12.4 Å². The van der Waals surface area contributed by atoms with Gasteiger partial charge in [-0.05, 0) is 61.7 Å². The zero-order valence-electron chi connectivity index (χ0n) is 17.5. The molecule has 1 saturated heterocycles. The Kier molecular flexibility index (Phi) is 8.23. The maximum Gasteiger partial charge on any atom is 0.231 e. The summed E-state index contributed by atoms with van der Waals surface area (Å²) in [5.41, 5.74) is 1.21. The average molecular weight is 436 g/mol. The van der Waals surface area contributed by atoms with Gasteiger partial charge in [-0.15, -0.1) is 12.4 Å². The summed E-state index contributed by atoms with van der Waals surface area (Å²) in [5.74, 6) is 2.87. The van der Waals surface area contributed by atoms with E-state index in [1.54, 1.807) is 12.1 Å². The van der Waals surface area contributed by atoms with Crippen molar-refractivity contribution in [3.05, 3.63) is 53.8 Å². The largest absolute Gasteiger partial charge is 0.493 e. The number of benzene rings is 2. The number of halogens is 2. The molecule has 0 spiro atoms. The van der Waals surface area contributed by atoms with Gasteiger partial charge in [0.1, 0.15) is 11.6 Å². The van der Waals surface area contributed by atoms with Crippen molar-refractivity contribution in [1.29, 1.82) is 0 Å². The van der Waals surface area contributed by atoms with E-state index in [2.05, 4.69) is 11.8 Å². The standard InChI is InChI=1S/C24H30FNO3.ClH/c1-2-3-4-12-26-13-11-22(18-5-7-20(25)8-6-18)19(15-26)16-27-21-9-10-23-24(14-21)29-17-28-23;/h5-10,14,19,22H,2-4,11-13,15-17H2,1H3;1H/t19-,22-;/m0./s1. The molecule has 4 nitrogen and oxygen atoms in total. The SMILES string of the molecule is CCCCCN1CC[C@@H](c2ccc(F)cc2)[C@H](COc2ccc3c(c2)OCO3)C1.Cl. The van der Waals surface area contributed by atoms with Gasteiger partial charge in [-0.3, -0.25) is 0 Å². The van der Waals surface area contributed by atoms with Crippen LogP contribution in [0.25, 0.3) is 0 Å². The second-order valence-corrected chi connectivity index (χ2v) is 8.04. The van der Waals surface area contributed by atoms with E-state index < -0.39 is 0 Å². The number of hydrogen-bond acceptors (Lipinski definition) is 4. The fraction of sp³-hybridized carbons (Fsp3) is 0.500. The van der Waals surface area contributed by atoms with Gasteiger partial charge in [0, 0.05) is 18.5 Å². The lowest BCUT2D eigenvalue weighted by Gasteiger charge is -2.39. The zero-order valence-corrected chi connectivity index (χ0v) is 18.3. The molecule has 2 aromatic carbocycles. The summed E-state index contributed by atoms with van der Waals surface area (Å²) in [6.45, 7) is 6.38. The molecular formula is C24H31ClFNO3. The molecule has 2 aliphatic heterocycles. The average Bonchev–Trinajstić information content (AvgIpc) is 3.21. The minimum absolute atomic E-state index is 0. The molecule has 2 heterocycles. The lowest BCUT2D eigenvalue weighted by atomic mass is 9.80. The van der Waals surface area contributed by atoms with Gasteiger partial charge in [-0.25, -0.2) is 4.39 Å². The summed E-state index contributed by atoms with van der Waals surface area (Å²) in [6, 6.07) is 12.7. The predicted molar refractivity (Wildman–Crippen MR) is 119 cm³/mol. The van der Waals surface area contributed by atoms with Gasteiger partial charge in [0.25, 0.3) is 0 Å². The third-order valence-electron chi connectivity index (χ3n) is 6.00. The van der Waals surface area contributed by atoms with Gasteiger partial charge in [0.05, 0.1) is 6.61 Å². The summed E-state index contributed by atoms with van der Waals surface area (Å²) in [6.07, 6.45) is 4.83. The Morgan fingerprint density at radius 2 is 1.87 bits per heavy atom. The van der Waals surface area contributed by atoms with Crippen molar-refractivity contribution in [1.82, 2.24) is 4.90 Å². The summed E-state index contributed by atoms with van der Waals surface area (Å²) in [7, 11) is 0. The highest BCUT2D eigenvalue weighted by Crippen LogP contribution is 2.37. The zero-order chi connectivity index (χ0) is 20.1. The number of nitrogens with zero attached hydrogens (tertiary/aromatic N) is 1. The van der Waals surface area contributed by atoms with E-state index in [0.29, 0.717) is 18.4 Å². The molecule has 4 rings (SSSR count). The fourth-order valence-corrected chi connectivity index (χ4v) is 4.38. The highest BCUT2D eigenvalue weighted by molar-refractivity contribution is 5.85. The lowest BCUT2D eigenvalue weighted by Crippen LogP contribution is -2.42. The number of likely N-dealkylation sites (tertiary alicyclic amines) is 1.